The third-order valence-electron chi connectivity index (χ3n) is 6.09. The number of anilines is 2. The number of benzene rings is 3. The first-order valence-corrected chi connectivity index (χ1v) is 12.8. The number of fused-ring (bicyclic) bond motifs is 1. The first-order chi connectivity index (χ1) is 15.9. The number of rotatable bonds is 16. The highest BCUT2D eigenvalue weighted by Crippen LogP contribution is 2.29. The van der Waals surface area contributed by atoms with Gasteiger partial charge in [0.2, 0.25) is 0 Å². The Bertz CT molecular complexity index is 876. The lowest BCUT2D eigenvalue weighted by atomic mass is 10.1. The lowest BCUT2D eigenvalue weighted by Crippen LogP contribution is -2.18. The van der Waals surface area contributed by atoms with E-state index in [1.54, 1.807) is 0 Å². The van der Waals surface area contributed by atoms with Gasteiger partial charge in [0.25, 0.3) is 0 Å². The molecule has 171 valence electrons. The van der Waals surface area contributed by atoms with Gasteiger partial charge in [0.15, 0.2) is 0 Å². The van der Waals surface area contributed by atoms with Crippen LogP contribution in [0.1, 0.15) is 84.0 Å². The van der Waals surface area contributed by atoms with E-state index in [1.165, 1.54) is 76.0 Å². The molecule has 0 atom stereocenters. The first-order valence-electron chi connectivity index (χ1n) is 12.8. The molecule has 0 saturated heterocycles. The molecule has 3 aromatic rings. The predicted octanol–water partition coefficient (Wildman–Crippen LogP) is 9.41. The average Bonchev–Trinajstić information content (AvgIpc) is 2.84. The summed E-state index contributed by atoms with van der Waals surface area (Å²) >= 11 is 0. The standard InChI is InChI=1S/C30H40NO/c1-2-3-4-5-6-7-8-9-10-11-12-18-25-32-31(29-21-14-13-15-22-29)30-24-23-27-19-16-17-20-28(27)26-30/h13-17,19,21-24,26H,2-12,18,25H2,1H3. The summed E-state index contributed by atoms with van der Waals surface area (Å²) in [5.74, 6) is 0. The van der Waals surface area contributed by atoms with Crippen LogP contribution in [-0.4, -0.2) is 6.61 Å². The van der Waals surface area contributed by atoms with Crippen molar-refractivity contribution in [1.29, 1.82) is 0 Å². The molecule has 0 fully saturated rings. The maximum Gasteiger partial charge on any atom is 0.0753 e. The van der Waals surface area contributed by atoms with Crippen molar-refractivity contribution in [2.45, 2.75) is 84.0 Å². The topological polar surface area (TPSA) is 12.5 Å². The SMILES string of the molecule is CCCCCCCCCCCCCCON(c1ccccc1)c1ccc2ccc[c]c2c1. The van der Waals surface area contributed by atoms with Crippen molar-refractivity contribution in [3.05, 3.63) is 72.8 Å². The minimum absolute atomic E-state index is 0.739. The number of unbranched alkanes of at least 4 members (excludes halogenated alkanes) is 11. The second-order valence-electron chi connectivity index (χ2n) is 8.79. The molecule has 0 aromatic heterocycles. The highest BCUT2D eigenvalue weighted by atomic mass is 16.7. The Labute approximate surface area is 195 Å². The zero-order valence-electron chi connectivity index (χ0n) is 19.9. The highest BCUT2D eigenvalue weighted by Gasteiger charge is 2.11. The molecule has 32 heavy (non-hydrogen) atoms. The van der Waals surface area contributed by atoms with E-state index < -0.39 is 0 Å². The van der Waals surface area contributed by atoms with Crippen LogP contribution < -0.4 is 5.06 Å². The molecule has 0 aliphatic carbocycles. The minimum Gasteiger partial charge on any atom is -0.269 e. The molecule has 0 aliphatic heterocycles. The summed E-state index contributed by atoms with van der Waals surface area (Å²) < 4.78 is 0. The molecule has 0 unspecified atom stereocenters. The van der Waals surface area contributed by atoms with Gasteiger partial charge in [0.1, 0.15) is 0 Å². The Morgan fingerprint density at radius 2 is 1.31 bits per heavy atom. The summed E-state index contributed by atoms with van der Waals surface area (Å²) in [6.07, 6.45) is 16.3. The van der Waals surface area contributed by atoms with Crippen LogP contribution in [0, 0.1) is 6.07 Å². The van der Waals surface area contributed by atoms with E-state index in [1.807, 2.05) is 23.3 Å². The van der Waals surface area contributed by atoms with Gasteiger partial charge in [-0.1, -0.05) is 120 Å². The van der Waals surface area contributed by atoms with Crippen LogP contribution in [0.15, 0.2) is 66.7 Å². The van der Waals surface area contributed by atoms with Crippen LogP contribution in [0.2, 0.25) is 0 Å². The monoisotopic (exact) mass is 430 g/mol. The molecule has 0 aliphatic rings. The summed E-state index contributed by atoms with van der Waals surface area (Å²) in [4.78, 5) is 6.27. The second-order valence-corrected chi connectivity index (χ2v) is 8.79. The number of hydrogen-bond acceptors (Lipinski definition) is 2. The molecule has 2 nitrogen and oxygen atoms in total. The van der Waals surface area contributed by atoms with Crippen LogP contribution in [-0.2, 0) is 4.84 Å². The van der Waals surface area contributed by atoms with Crippen molar-refractivity contribution in [2.75, 3.05) is 11.7 Å². The van der Waals surface area contributed by atoms with Crippen LogP contribution in [0.25, 0.3) is 10.8 Å². The van der Waals surface area contributed by atoms with E-state index in [2.05, 4.69) is 61.5 Å². The van der Waals surface area contributed by atoms with Crippen LogP contribution in [0.3, 0.4) is 0 Å². The maximum absolute atomic E-state index is 6.27. The Morgan fingerprint density at radius 1 is 0.656 bits per heavy atom. The van der Waals surface area contributed by atoms with E-state index >= 15 is 0 Å². The third-order valence-corrected chi connectivity index (χ3v) is 6.09. The fourth-order valence-electron chi connectivity index (χ4n) is 4.19. The van der Waals surface area contributed by atoms with E-state index in [4.69, 9.17) is 4.84 Å². The maximum atomic E-state index is 6.27. The van der Waals surface area contributed by atoms with Gasteiger partial charge in [-0.25, -0.2) is 5.06 Å². The van der Waals surface area contributed by atoms with Gasteiger partial charge in [0, 0.05) is 0 Å². The normalized spacial score (nSPS) is 11.2. The molecule has 0 spiro atoms. The highest BCUT2D eigenvalue weighted by molar-refractivity contribution is 5.86. The van der Waals surface area contributed by atoms with Gasteiger partial charge in [0.05, 0.1) is 18.0 Å². The Morgan fingerprint density at radius 3 is 2.00 bits per heavy atom. The van der Waals surface area contributed by atoms with Gasteiger partial charge in [-0.3, -0.25) is 4.84 Å². The van der Waals surface area contributed by atoms with Crippen molar-refractivity contribution in [3.8, 4) is 0 Å². The van der Waals surface area contributed by atoms with Crippen molar-refractivity contribution >= 4 is 22.1 Å². The Balaban J connectivity index is 1.39. The lowest BCUT2D eigenvalue weighted by Gasteiger charge is -2.24. The van der Waals surface area contributed by atoms with Crippen LogP contribution >= 0.6 is 0 Å². The summed E-state index contributed by atoms with van der Waals surface area (Å²) in [6.45, 7) is 3.02. The predicted molar refractivity (Wildman–Crippen MR) is 138 cm³/mol. The van der Waals surface area contributed by atoms with Gasteiger partial charge in [-0.2, -0.15) is 0 Å². The van der Waals surface area contributed by atoms with Gasteiger partial charge in [-0.15, -0.1) is 0 Å². The number of nitrogens with zero attached hydrogens (tertiary/aromatic N) is 1. The Hall–Kier alpha value is -2.32. The van der Waals surface area contributed by atoms with Crippen molar-refractivity contribution in [1.82, 2.24) is 0 Å². The van der Waals surface area contributed by atoms with Gasteiger partial charge >= 0.3 is 0 Å². The molecule has 0 heterocycles. The van der Waals surface area contributed by atoms with Gasteiger partial charge < -0.3 is 0 Å². The first kappa shape index (κ1) is 24.3. The smallest absolute Gasteiger partial charge is 0.0753 e. The molecular weight excluding hydrogens is 390 g/mol. The largest absolute Gasteiger partial charge is 0.269 e. The fraction of sp³-hybridized carbons (Fsp3) is 0.467. The Kier molecular flexibility index (Phi) is 11.2. The number of hydrogen-bond donors (Lipinski definition) is 0. The van der Waals surface area contributed by atoms with Crippen molar-refractivity contribution in [2.24, 2.45) is 0 Å². The zero-order valence-corrected chi connectivity index (χ0v) is 19.9. The molecule has 2 heteroatoms. The van der Waals surface area contributed by atoms with E-state index in [0.29, 0.717) is 0 Å². The minimum atomic E-state index is 0.739. The molecule has 0 amide bonds. The van der Waals surface area contributed by atoms with E-state index in [9.17, 15) is 0 Å². The molecule has 1 radical (unpaired) electrons. The summed E-state index contributed by atoms with van der Waals surface area (Å²) in [5.41, 5.74) is 2.10. The number of para-hydroxylation sites is 1. The average molecular weight is 431 g/mol. The molecular formula is C30H40NO. The molecule has 3 aromatic carbocycles. The summed E-state index contributed by atoms with van der Waals surface area (Å²) in [7, 11) is 0. The van der Waals surface area contributed by atoms with Gasteiger partial charge in [-0.05, 0) is 47.5 Å². The third kappa shape index (κ3) is 8.31. The molecule has 0 saturated carbocycles. The quantitative estimate of drug-likeness (QED) is 0.166. The summed E-state index contributed by atoms with van der Waals surface area (Å²) in [6, 6.07) is 26.2. The van der Waals surface area contributed by atoms with E-state index in [0.717, 1.165) is 29.8 Å². The van der Waals surface area contributed by atoms with Crippen molar-refractivity contribution in [3.63, 3.8) is 0 Å². The molecule has 0 bridgehead atoms. The van der Waals surface area contributed by atoms with E-state index in [-0.39, 0.29) is 0 Å². The summed E-state index contributed by atoms with van der Waals surface area (Å²) in [5, 5.41) is 4.28. The molecule has 0 N–H and O–H groups in total. The molecule has 3 rings (SSSR count). The fourth-order valence-corrected chi connectivity index (χ4v) is 4.19. The van der Waals surface area contributed by atoms with Crippen LogP contribution in [0.4, 0.5) is 11.4 Å². The van der Waals surface area contributed by atoms with Crippen LogP contribution in [0.5, 0.6) is 0 Å². The lowest BCUT2D eigenvalue weighted by molar-refractivity contribution is 0.131. The van der Waals surface area contributed by atoms with Crippen molar-refractivity contribution < 1.29 is 4.84 Å². The second kappa shape index (κ2) is 14.7. The zero-order chi connectivity index (χ0) is 22.3.